The molecule has 0 saturated heterocycles. The van der Waals surface area contributed by atoms with E-state index in [-0.39, 0.29) is 0 Å². The van der Waals surface area contributed by atoms with Crippen LogP contribution in [0.3, 0.4) is 0 Å². The smallest absolute Gasteiger partial charge is 0.119 e. The third-order valence-corrected chi connectivity index (χ3v) is 2.94. The molecule has 1 nitrogen and oxygen atoms in total. The van der Waals surface area contributed by atoms with Crippen LogP contribution in [0.1, 0.15) is 51.2 Å². The Balaban J connectivity index is 2.74. The largest absolute Gasteiger partial charge is 0.493 e. The first-order chi connectivity index (χ1) is 8.54. The summed E-state index contributed by atoms with van der Waals surface area (Å²) in [6.45, 7) is 11.4. The number of ether oxygens (including phenoxy) is 1. The van der Waals surface area contributed by atoms with Crippen LogP contribution in [0.5, 0.6) is 5.75 Å². The fourth-order valence-corrected chi connectivity index (χ4v) is 1.92. The molecule has 1 atom stereocenters. The van der Waals surface area contributed by atoms with Gasteiger partial charge in [0.1, 0.15) is 5.75 Å². The molecule has 0 radical (unpaired) electrons. The van der Waals surface area contributed by atoms with Crippen LogP contribution in [0, 0.1) is 24.7 Å². The number of benzene rings is 1. The van der Waals surface area contributed by atoms with Gasteiger partial charge in [0, 0.05) is 6.42 Å². The van der Waals surface area contributed by atoms with Crippen LogP contribution in [0.4, 0.5) is 0 Å². The monoisotopic (exact) mass is 244 g/mol. The lowest BCUT2D eigenvalue weighted by Crippen LogP contribution is -2.05. The minimum atomic E-state index is 0.483. The van der Waals surface area contributed by atoms with E-state index in [1.54, 1.807) is 0 Å². The molecule has 1 rings (SSSR count). The van der Waals surface area contributed by atoms with E-state index in [1.165, 1.54) is 11.1 Å². The molecule has 0 heterocycles. The van der Waals surface area contributed by atoms with E-state index >= 15 is 0 Å². The summed E-state index contributed by atoms with van der Waals surface area (Å²) in [6.07, 6.45) is 0.920. The molecule has 0 aliphatic rings. The quantitative estimate of drug-likeness (QED) is 0.691. The van der Waals surface area contributed by atoms with Crippen molar-refractivity contribution >= 4 is 0 Å². The Morgan fingerprint density at radius 1 is 1.22 bits per heavy atom. The molecule has 1 unspecified atom stereocenters. The van der Waals surface area contributed by atoms with Crippen molar-refractivity contribution in [1.82, 2.24) is 0 Å². The zero-order chi connectivity index (χ0) is 13.5. The van der Waals surface area contributed by atoms with Gasteiger partial charge in [0.05, 0.1) is 6.61 Å². The van der Waals surface area contributed by atoms with Crippen LogP contribution in [0.2, 0.25) is 0 Å². The van der Waals surface area contributed by atoms with Crippen molar-refractivity contribution in [3.8, 4) is 17.6 Å². The molecular weight excluding hydrogens is 220 g/mol. The Kier molecular flexibility index (Phi) is 5.78. The van der Waals surface area contributed by atoms with Crippen LogP contribution >= 0.6 is 0 Å². The van der Waals surface area contributed by atoms with Gasteiger partial charge in [-0.15, -0.1) is 11.8 Å². The standard InChI is InChI=1S/C17H24O/c1-6-7-8-14(4)17-10-9-16(11-15(17)5)18-12-13(2)3/h9-11,13-14H,8,12H2,1-5H3. The molecule has 0 saturated carbocycles. The average Bonchev–Trinajstić information content (AvgIpc) is 2.33. The molecule has 18 heavy (non-hydrogen) atoms. The molecule has 0 bridgehead atoms. The van der Waals surface area contributed by atoms with Gasteiger partial charge in [0.25, 0.3) is 0 Å². The van der Waals surface area contributed by atoms with Crippen molar-refractivity contribution in [1.29, 1.82) is 0 Å². The van der Waals surface area contributed by atoms with Gasteiger partial charge >= 0.3 is 0 Å². The molecule has 1 aromatic rings. The summed E-state index contributed by atoms with van der Waals surface area (Å²) in [7, 11) is 0. The zero-order valence-electron chi connectivity index (χ0n) is 12.2. The highest BCUT2D eigenvalue weighted by atomic mass is 16.5. The number of aryl methyl sites for hydroxylation is 1. The molecule has 1 heteroatoms. The highest BCUT2D eigenvalue weighted by Crippen LogP contribution is 2.26. The van der Waals surface area contributed by atoms with Crippen molar-refractivity contribution in [2.24, 2.45) is 5.92 Å². The Bertz CT molecular complexity index is 435. The Hall–Kier alpha value is -1.42. The zero-order valence-corrected chi connectivity index (χ0v) is 12.2. The molecule has 0 aromatic heterocycles. The summed E-state index contributed by atoms with van der Waals surface area (Å²) < 4.78 is 5.74. The van der Waals surface area contributed by atoms with Gasteiger partial charge in [0.15, 0.2) is 0 Å². The Labute approximate surface area is 112 Å². The number of rotatable bonds is 5. The molecule has 0 aliphatic carbocycles. The predicted octanol–water partition coefficient (Wildman–Crippen LogP) is 4.55. The lowest BCUT2D eigenvalue weighted by molar-refractivity contribution is 0.271. The third kappa shape index (κ3) is 4.45. The first-order valence-electron chi connectivity index (χ1n) is 6.67. The van der Waals surface area contributed by atoms with Crippen molar-refractivity contribution in [3.63, 3.8) is 0 Å². The van der Waals surface area contributed by atoms with Crippen molar-refractivity contribution < 1.29 is 4.74 Å². The Morgan fingerprint density at radius 2 is 1.94 bits per heavy atom. The van der Waals surface area contributed by atoms with Crippen LogP contribution in [0.25, 0.3) is 0 Å². The second kappa shape index (κ2) is 7.11. The predicted molar refractivity (Wildman–Crippen MR) is 78.0 cm³/mol. The minimum absolute atomic E-state index is 0.483. The Morgan fingerprint density at radius 3 is 2.50 bits per heavy atom. The topological polar surface area (TPSA) is 9.23 Å². The fourth-order valence-electron chi connectivity index (χ4n) is 1.92. The molecule has 98 valence electrons. The summed E-state index contributed by atoms with van der Waals surface area (Å²) in [4.78, 5) is 0. The average molecular weight is 244 g/mol. The van der Waals surface area contributed by atoms with Gasteiger partial charge in [0.2, 0.25) is 0 Å². The molecule has 0 fully saturated rings. The van der Waals surface area contributed by atoms with Crippen molar-refractivity contribution in [2.45, 2.75) is 47.0 Å². The lowest BCUT2D eigenvalue weighted by atomic mass is 9.94. The van der Waals surface area contributed by atoms with Gasteiger partial charge in [-0.3, -0.25) is 0 Å². The first-order valence-corrected chi connectivity index (χ1v) is 6.67. The van der Waals surface area contributed by atoms with Crippen LogP contribution < -0.4 is 4.74 Å². The summed E-state index contributed by atoms with van der Waals surface area (Å²) in [5.74, 6) is 8.12. The van der Waals surface area contributed by atoms with Gasteiger partial charge in [-0.1, -0.05) is 26.8 Å². The van der Waals surface area contributed by atoms with E-state index in [2.05, 4.69) is 57.7 Å². The van der Waals surface area contributed by atoms with Gasteiger partial charge in [-0.25, -0.2) is 0 Å². The maximum atomic E-state index is 5.74. The highest BCUT2D eigenvalue weighted by molar-refractivity contribution is 5.37. The molecular formula is C17H24O. The molecule has 1 aromatic carbocycles. The van der Waals surface area contributed by atoms with E-state index in [4.69, 9.17) is 4.74 Å². The fraction of sp³-hybridized carbons (Fsp3) is 0.529. The highest BCUT2D eigenvalue weighted by Gasteiger charge is 2.08. The van der Waals surface area contributed by atoms with Gasteiger partial charge in [-0.05, 0) is 48.9 Å². The van der Waals surface area contributed by atoms with Crippen LogP contribution in [0.15, 0.2) is 18.2 Å². The molecule has 0 aliphatic heterocycles. The SMILES string of the molecule is CC#CCC(C)c1ccc(OCC(C)C)cc1C. The van der Waals surface area contributed by atoms with Gasteiger partial charge in [-0.2, -0.15) is 0 Å². The van der Waals surface area contributed by atoms with Gasteiger partial charge < -0.3 is 4.74 Å². The first kappa shape index (κ1) is 14.6. The summed E-state index contributed by atoms with van der Waals surface area (Å²) in [5, 5.41) is 0. The van der Waals surface area contributed by atoms with E-state index < -0.39 is 0 Å². The lowest BCUT2D eigenvalue weighted by Gasteiger charge is -2.15. The second-order valence-electron chi connectivity index (χ2n) is 5.26. The van der Waals surface area contributed by atoms with E-state index in [0.717, 1.165) is 18.8 Å². The molecule has 0 spiro atoms. The number of hydrogen-bond acceptors (Lipinski definition) is 1. The third-order valence-electron chi connectivity index (χ3n) is 2.94. The molecule has 0 N–H and O–H groups in total. The van der Waals surface area contributed by atoms with Crippen LogP contribution in [-0.2, 0) is 0 Å². The van der Waals surface area contributed by atoms with Crippen LogP contribution in [-0.4, -0.2) is 6.61 Å². The van der Waals surface area contributed by atoms with Crippen molar-refractivity contribution in [3.05, 3.63) is 29.3 Å². The minimum Gasteiger partial charge on any atom is -0.493 e. The number of hydrogen-bond donors (Lipinski definition) is 0. The van der Waals surface area contributed by atoms with Crippen molar-refractivity contribution in [2.75, 3.05) is 6.61 Å². The summed E-state index contributed by atoms with van der Waals surface area (Å²) >= 11 is 0. The maximum Gasteiger partial charge on any atom is 0.119 e. The second-order valence-corrected chi connectivity index (χ2v) is 5.26. The summed E-state index contributed by atoms with van der Waals surface area (Å²) in [5.41, 5.74) is 2.66. The van der Waals surface area contributed by atoms with E-state index in [1.807, 2.05) is 6.92 Å². The normalized spacial score (nSPS) is 11.9. The van der Waals surface area contributed by atoms with E-state index in [0.29, 0.717) is 11.8 Å². The maximum absolute atomic E-state index is 5.74. The van der Waals surface area contributed by atoms with E-state index in [9.17, 15) is 0 Å². The molecule has 0 amide bonds. The summed E-state index contributed by atoms with van der Waals surface area (Å²) in [6, 6.07) is 6.38.